The van der Waals surface area contributed by atoms with E-state index in [1.807, 2.05) is 12.1 Å². The molecule has 1 N–H and O–H groups in total. The van der Waals surface area contributed by atoms with Gasteiger partial charge in [0.15, 0.2) is 6.29 Å². The fourth-order valence-electron chi connectivity index (χ4n) is 1.34. The van der Waals surface area contributed by atoms with Crippen LogP contribution < -0.4 is 0 Å². The molecule has 0 radical (unpaired) electrons. The zero-order valence-electron chi connectivity index (χ0n) is 8.44. The van der Waals surface area contributed by atoms with Crippen LogP contribution in [-0.4, -0.2) is 17.4 Å². The van der Waals surface area contributed by atoms with Crippen LogP contribution in [0.1, 0.15) is 40.2 Å². The lowest BCUT2D eigenvalue weighted by Gasteiger charge is -1.97. The normalized spacial score (nSPS) is 10.1. The van der Waals surface area contributed by atoms with Gasteiger partial charge in [0.25, 0.3) is 0 Å². The number of hydrogen-bond donors (Lipinski definition) is 1. The average molecular weight is 226 g/mol. The molecule has 0 atom stereocenters. The molecule has 0 aliphatic heterocycles. The number of thiophene rings is 1. The van der Waals surface area contributed by atoms with Gasteiger partial charge in [0.1, 0.15) is 0 Å². The van der Waals surface area contributed by atoms with Gasteiger partial charge in [-0.15, -0.1) is 11.3 Å². The van der Waals surface area contributed by atoms with Gasteiger partial charge in [-0.05, 0) is 31.4 Å². The first-order valence-corrected chi connectivity index (χ1v) is 5.79. The maximum Gasteiger partial charge on any atom is 0.303 e. The highest BCUT2D eigenvalue weighted by atomic mass is 32.1. The van der Waals surface area contributed by atoms with Crippen molar-refractivity contribution in [2.45, 2.75) is 32.1 Å². The van der Waals surface area contributed by atoms with E-state index in [1.165, 1.54) is 16.2 Å². The molecule has 0 fully saturated rings. The molecule has 82 valence electrons. The lowest BCUT2D eigenvalue weighted by Crippen LogP contribution is -1.93. The highest BCUT2D eigenvalue weighted by Gasteiger charge is 2.00. The number of carboxylic acid groups (broad SMARTS) is 1. The van der Waals surface area contributed by atoms with Gasteiger partial charge in [0, 0.05) is 11.3 Å². The van der Waals surface area contributed by atoms with E-state index in [2.05, 4.69) is 0 Å². The van der Waals surface area contributed by atoms with Gasteiger partial charge in [0.05, 0.1) is 4.88 Å². The van der Waals surface area contributed by atoms with Crippen molar-refractivity contribution < 1.29 is 14.7 Å². The summed E-state index contributed by atoms with van der Waals surface area (Å²) in [5.74, 6) is -0.727. The van der Waals surface area contributed by atoms with Crippen LogP contribution in [0.3, 0.4) is 0 Å². The summed E-state index contributed by atoms with van der Waals surface area (Å²) in [4.78, 5) is 22.6. The molecule has 0 amide bonds. The minimum Gasteiger partial charge on any atom is -0.481 e. The Kier molecular flexibility index (Phi) is 5.04. The molecule has 0 aromatic carbocycles. The second kappa shape index (κ2) is 6.35. The summed E-state index contributed by atoms with van der Waals surface area (Å²) in [5.41, 5.74) is 0. The van der Waals surface area contributed by atoms with Crippen molar-refractivity contribution in [2.24, 2.45) is 0 Å². The standard InChI is InChI=1S/C11H14O3S/c12-8-10-7-6-9(15-10)4-2-1-3-5-11(13)14/h6-8H,1-5H2,(H,13,14). The summed E-state index contributed by atoms with van der Waals surface area (Å²) in [7, 11) is 0. The molecule has 1 rings (SSSR count). The molecule has 0 aliphatic rings. The van der Waals surface area contributed by atoms with Crippen molar-refractivity contribution in [3.05, 3.63) is 21.9 Å². The third-order valence-electron chi connectivity index (χ3n) is 2.11. The van der Waals surface area contributed by atoms with Crippen LogP contribution in [0.5, 0.6) is 0 Å². The van der Waals surface area contributed by atoms with Gasteiger partial charge in [0.2, 0.25) is 0 Å². The van der Waals surface area contributed by atoms with Gasteiger partial charge < -0.3 is 5.11 Å². The number of aryl methyl sites for hydroxylation is 1. The number of aldehydes is 1. The second-order valence-corrected chi connectivity index (χ2v) is 4.58. The predicted molar refractivity (Wildman–Crippen MR) is 59.5 cm³/mol. The van der Waals surface area contributed by atoms with Crippen molar-refractivity contribution in [2.75, 3.05) is 0 Å². The molecule has 0 saturated heterocycles. The van der Waals surface area contributed by atoms with E-state index in [-0.39, 0.29) is 6.42 Å². The third kappa shape index (κ3) is 4.74. The Hall–Kier alpha value is -1.16. The Morgan fingerprint density at radius 3 is 2.73 bits per heavy atom. The fraction of sp³-hybridized carbons (Fsp3) is 0.455. The number of rotatable bonds is 7. The van der Waals surface area contributed by atoms with Gasteiger partial charge >= 0.3 is 5.97 Å². The highest BCUT2D eigenvalue weighted by Crippen LogP contribution is 2.17. The molecule has 3 nitrogen and oxygen atoms in total. The number of carbonyl (C=O) groups is 2. The molecular weight excluding hydrogens is 212 g/mol. The Balaban J connectivity index is 2.14. The maximum atomic E-state index is 10.4. The fourth-order valence-corrected chi connectivity index (χ4v) is 2.21. The molecule has 0 spiro atoms. The topological polar surface area (TPSA) is 54.4 Å². The van der Waals surface area contributed by atoms with Gasteiger partial charge in [-0.25, -0.2) is 0 Å². The number of carboxylic acids is 1. The Morgan fingerprint density at radius 2 is 2.13 bits per heavy atom. The van der Waals surface area contributed by atoms with Gasteiger partial charge in [-0.3, -0.25) is 9.59 Å². The lowest BCUT2D eigenvalue weighted by atomic mass is 10.1. The van der Waals surface area contributed by atoms with E-state index in [4.69, 9.17) is 5.11 Å². The van der Waals surface area contributed by atoms with Crippen molar-refractivity contribution >= 4 is 23.6 Å². The van der Waals surface area contributed by atoms with Gasteiger partial charge in [-0.1, -0.05) is 6.42 Å². The monoisotopic (exact) mass is 226 g/mol. The third-order valence-corrected chi connectivity index (χ3v) is 3.18. The van der Waals surface area contributed by atoms with Crippen LogP contribution in [0.2, 0.25) is 0 Å². The minimum absolute atomic E-state index is 0.254. The quantitative estimate of drug-likeness (QED) is 0.574. The van der Waals surface area contributed by atoms with Crippen LogP contribution in [0, 0.1) is 0 Å². The molecule has 0 aliphatic carbocycles. The summed E-state index contributed by atoms with van der Waals surface area (Å²) in [6.07, 6.45) is 4.72. The Morgan fingerprint density at radius 1 is 1.33 bits per heavy atom. The van der Waals surface area contributed by atoms with Crippen LogP contribution in [-0.2, 0) is 11.2 Å². The molecule has 1 aromatic heterocycles. The summed E-state index contributed by atoms with van der Waals surface area (Å²) in [6, 6.07) is 3.79. The molecule has 0 bridgehead atoms. The molecule has 15 heavy (non-hydrogen) atoms. The summed E-state index contributed by atoms with van der Waals surface area (Å²) < 4.78 is 0. The van der Waals surface area contributed by atoms with E-state index in [0.717, 1.165) is 36.8 Å². The van der Waals surface area contributed by atoms with Gasteiger partial charge in [-0.2, -0.15) is 0 Å². The largest absolute Gasteiger partial charge is 0.481 e. The molecule has 0 saturated carbocycles. The van der Waals surface area contributed by atoms with Crippen LogP contribution >= 0.6 is 11.3 Å². The van der Waals surface area contributed by atoms with E-state index < -0.39 is 5.97 Å². The van der Waals surface area contributed by atoms with Crippen molar-refractivity contribution in [1.82, 2.24) is 0 Å². The smallest absolute Gasteiger partial charge is 0.303 e. The van der Waals surface area contributed by atoms with Crippen LogP contribution in [0.25, 0.3) is 0 Å². The van der Waals surface area contributed by atoms with Crippen molar-refractivity contribution in [3.63, 3.8) is 0 Å². The predicted octanol–water partition coefficient (Wildman–Crippen LogP) is 2.75. The first-order valence-electron chi connectivity index (χ1n) is 4.98. The average Bonchev–Trinajstić information content (AvgIpc) is 2.65. The summed E-state index contributed by atoms with van der Waals surface area (Å²) in [5, 5.41) is 8.43. The number of carbonyl (C=O) groups excluding carboxylic acids is 1. The Bertz CT molecular complexity index is 330. The molecule has 1 heterocycles. The van der Waals surface area contributed by atoms with E-state index in [0.29, 0.717) is 0 Å². The first kappa shape index (κ1) is 11.9. The molecule has 4 heteroatoms. The number of aliphatic carboxylic acids is 1. The minimum atomic E-state index is -0.727. The summed E-state index contributed by atoms with van der Waals surface area (Å²) in [6.45, 7) is 0. The lowest BCUT2D eigenvalue weighted by molar-refractivity contribution is -0.137. The van der Waals surface area contributed by atoms with E-state index in [9.17, 15) is 9.59 Å². The van der Waals surface area contributed by atoms with Crippen LogP contribution in [0.15, 0.2) is 12.1 Å². The van der Waals surface area contributed by atoms with E-state index in [1.54, 1.807) is 0 Å². The molecule has 0 unspecified atom stereocenters. The van der Waals surface area contributed by atoms with Crippen molar-refractivity contribution in [3.8, 4) is 0 Å². The molecule has 1 aromatic rings. The summed E-state index contributed by atoms with van der Waals surface area (Å²) >= 11 is 1.51. The zero-order chi connectivity index (χ0) is 11.1. The Labute approximate surface area is 92.7 Å². The second-order valence-electron chi connectivity index (χ2n) is 3.38. The number of unbranched alkanes of at least 4 members (excludes halogenated alkanes) is 2. The number of hydrogen-bond acceptors (Lipinski definition) is 3. The van der Waals surface area contributed by atoms with Crippen molar-refractivity contribution in [1.29, 1.82) is 0 Å². The maximum absolute atomic E-state index is 10.4. The molecular formula is C11H14O3S. The SMILES string of the molecule is O=Cc1ccc(CCCCCC(=O)O)s1. The first-order chi connectivity index (χ1) is 7.22. The highest BCUT2D eigenvalue weighted by molar-refractivity contribution is 7.13. The van der Waals surface area contributed by atoms with Crippen LogP contribution in [0.4, 0.5) is 0 Å². The zero-order valence-corrected chi connectivity index (χ0v) is 9.26. The van der Waals surface area contributed by atoms with E-state index >= 15 is 0 Å².